The van der Waals surface area contributed by atoms with Crippen molar-refractivity contribution in [2.45, 2.75) is 46.7 Å². The Kier molecular flexibility index (Phi) is 6.04. The predicted molar refractivity (Wildman–Crippen MR) is 138 cm³/mol. The van der Waals surface area contributed by atoms with Crippen molar-refractivity contribution in [2.75, 3.05) is 31.3 Å². The van der Waals surface area contributed by atoms with E-state index in [0.717, 1.165) is 12.8 Å². The predicted octanol–water partition coefficient (Wildman–Crippen LogP) is 2.74. The van der Waals surface area contributed by atoms with Crippen LogP contribution >= 0.6 is 0 Å². The smallest absolute Gasteiger partial charge is 0.263 e. The molecule has 0 aliphatic heterocycles. The molecule has 0 aromatic carbocycles. The number of hydrogen-bond acceptors (Lipinski definition) is 7. The third-order valence-corrected chi connectivity index (χ3v) is 5.75. The zero-order valence-corrected chi connectivity index (χ0v) is 20.8. The van der Waals surface area contributed by atoms with Crippen LogP contribution in [0.25, 0.3) is 10.9 Å². The van der Waals surface area contributed by atoms with Gasteiger partial charge in [-0.05, 0) is 24.3 Å². The summed E-state index contributed by atoms with van der Waals surface area (Å²) in [5.41, 5.74) is 0.146. The Morgan fingerprint density at radius 1 is 1.31 bits per heavy atom. The van der Waals surface area contributed by atoms with E-state index >= 15 is 0 Å². The molecule has 0 radical (unpaired) electrons. The first kappa shape index (κ1) is 21.5. The average Bonchev–Trinajstić information content (AvgIpc) is 3.61. The Labute approximate surface area is 213 Å². The van der Waals surface area contributed by atoms with E-state index in [9.17, 15) is 14.4 Å². The van der Waals surface area contributed by atoms with Gasteiger partial charge in [0.15, 0.2) is 5.82 Å². The molecule has 1 aliphatic rings. The molecular weight excluding hydrogens is 462 g/mol. The first-order chi connectivity index (χ1) is 18.3. The largest absolute Gasteiger partial charge is 0.383 e. The normalized spacial score (nSPS) is 15.2. The fourth-order valence-corrected chi connectivity index (χ4v) is 3.88. The maximum atomic E-state index is 13.6. The van der Waals surface area contributed by atoms with Gasteiger partial charge in [0.25, 0.3) is 11.5 Å². The van der Waals surface area contributed by atoms with Crippen LogP contribution in [0.3, 0.4) is 0 Å². The molecule has 0 unspecified atom stereocenters. The van der Waals surface area contributed by atoms with Crippen LogP contribution in [0.2, 0.25) is 0 Å². The van der Waals surface area contributed by atoms with Gasteiger partial charge >= 0.3 is 0 Å². The van der Waals surface area contributed by atoms with Gasteiger partial charge in [0.05, 0.1) is 29.9 Å². The molecule has 11 heteroatoms. The number of hydrogen-bond donors (Lipinski definition) is 3. The highest BCUT2D eigenvalue weighted by molar-refractivity contribution is 6.02. The van der Waals surface area contributed by atoms with E-state index in [1.807, 2.05) is 26.1 Å². The molecule has 1 saturated carbocycles. The molecule has 3 aromatic heterocycles. The molecule has 1 fully saturated rings. The summed E-state index contributed by atoms with van der Waals surface area (Å²) in [6, 6.07) is 3.22. The number of ether oxygens (including phenoxy) is 1. The van der Waals surface area contributed by atoms with Gasteiger partial charge in [-0.3, -0.25) is 19.1 Å². The Morgan fingerprint density at radius 3 is 2.75 bits per heavy atom. The monoisotopic (exact) mass is 498 g/mol. The molecule has 0 spiro atoms. The lowest BCUT2D eigenvalue weighted by atomic mass is 9.97. The molecule has 3 heterocycles. The second kappa shape index (κ2) is 10.1. The van der Waals surface area contributed by atoms with Gasteiger partial charge < -0.3 is 25.3 Å². The summed E-state index contributed by atoms with van der Waals surface area (Å²) in [6.07, 6.45) is 4.48. The quantitative estimate of drug-likeness (QED) is 0.413. The van der Waals surface area contributed by atoms with Crippen LogP contribution in [-0.2, 0) is 22.6 Å². The first-order valence-electron chi connectivity index (χ1n) is 13.2. The molecule has 3 aromatic rings. The SMILES string of the molecule is [2H]C([2H])([2H])NC(=O)c1cnc(NC(=O)C2CC2)cc1Nc1nn(CCOC)c2ccn(CC(C)(C)C)c(=O)c12. The van der Waals surface area contributed by atoms with Crippen molar-refractivity contribution in [3.8, 4) is 0 Å². The third kappa shape index (κ3) is 5.56. The summed E-state index contributed by atoms with van der Waals surface area (Å²) >= 11 is 0. The van der Waals surface area contributed by atoms with Crippen molar-refractivity contribution >= 4 is 40.0 Å². The van der Waals surface area contributed by atoms with Gasteiger partial charge in [0.1, 0.15) is 11.2 Å². The average molecular weight is 499 g/mol. The van der Waals surface area contributed by atoms with E-state index in [-0.39, 0.29) is 45.7 Å². The number of carbonyl (C=O) groups is 2. The van der Waals surface area contributed by atoms with Gasteiger partial charge in [-0.15, -0.1) is 0 Å². The molecule has 4 rings (SSSR count). The van der Waals surface area contributed by atoms with E-state index in [1.165, 1.54) is 12.3 Å². The molecule has 0 saturated heterocycles. The topological polar surface area (TPSA) is 132 Å². The van der Waals surface area contributed by atoms with Crippen molar-refractivity contribution < 1.29 is 18.4 Å². The van der Waals surface area contributed by atoms with Crippen molar-refractivity contribution in [2.24, 2.45) is 11.3 Å². The van der Waals surface area contributed by atoms with Crippen LogP contribution in [0.15, 0.2) is 29.3 Å². The van der Waals surface area contributed by atoms with Crippen LogP contribution in [0.1, 0.15) is 48.1 Å². The maximum Gasteiger partial charge on any atom is 0.263 e. The fraction of sp³-hybridized carbons (Fsp3) is 0.480. The maximum absolute atomic E-state index is 13.6. The van der Waals surface area contributed by atoms with Crippen molar-refractivity contribution in [1.29, 1.82) is 0 Å². The summed E-state index contributed by atoms with van der Waals surface area (Å²) in [7, 11) is 1.56. The van der Waals surface area contributed by atoms with Crippen LogP contribution < -0.4 is 21.5 Å². The molecule has 1 aliphatic carbocycles. The fourth-order valence-electron chi connectivity index (χ4n) is 3.88. The molecule has 36 heavy (non-hydrogen) atoms. The summed E-state index contributed by atoms with van der Waals surface area (Å²) in [5.74, 6) is -0.828. The molecule has 3 N–H and O–H groups in total. The highest BCUT2D eigenvalue weighted by Gasteiger charge is 2.30. The third-order valence-electron chi connectivity index (χ3n) is 5.75. The van der Waals surface area contributed by atoms with Crippen molar-refractivity contribution in [1.82, 2.24) is 24.6 Å². The van der Waals surface area contributed by atoms with Crippen molar-refractivity contribution in [3.63, 3.8) is 0 Å². The highest BCUT2D eigenvalue weighted by atomic mass is 16.5. The lowest BCUT2D eigenvalue weighted by Crippen LogP contribution is -2.26. The zero-order valence-electron chi connectivity index (χ0n) is 23.8. The molecule has 11 nitrogen and oxygen atoms in total. The van der Waals surface area contributed by atoms with Gasteiger partial charge in [-0.25, -0.2) is 4.98 Å². The number of fused-ring (bicyclic) bond motifs is 1. The van der Waals surface area contributed by atoms with E-state index in [0.29, 0.717) is 30.6 Å². The van der Waals surface area contributed by atoms with E-state index < -0.39 is 12.9 Å². The second-order valence-electron chi connectivity index (χ2n) is 10.1. The summed E-state index contributed by atoms with van der Waals surface area (Å²) in [4.78, 5) is 43.0. The number of amides is 2. The number of carbonyl (C=O) groups excluding carboxylic acids is 2. The molecule has 2 amide bonds. The number of nitrogens with one attached hydrogen (secondary N) is 3. The first-order valence-corrected chi connectivity index (χ1v) is 11.7. The van der Waals surface area contributed by atoms with E-state index in [4.69, 9.17) is 8.85 Å². The number of aromatic nitrogens is 4. The summed E-state index contributed by atoms with van der Waals surface area (Å²) < 4.78 is 30.7. The molecular formula is C25H33N7O4. The van der Waals surface area contributed by atoms with E-state index in [2.05, 4.69) is 20.7 Å². The van der Waals surface area contributed by atoms with Crippen molar-refractivity contribution in [3.05, 3.63) is 40.4 Å². The Morgan fingerprint density at radius 2 is 2.08 bits per heavy atom. The Hall–Kier alpha value is -3.73. The number of rotatable bonds is 9. The number of pyridine rings is 2. The number of nitrogens with zero attached hydrogens (tertiary/aromatic N) is 4. The second-order valence-corrected chi connectivity index (χ2v) is 10.1. The minimum absolute atomic E-state index is 0.0801. The standard InChI is InChI=1S/C25H33N7O4/c1-25(2,3)14-31-9-8-18-20(24(31)35)21(30-32(18)10-11-36-5)28-17-12-19(29-22(33)15-6-7-15)27-13-16(17)23(34)26-4/h8-9,12-13,15H,6-7,10-11,14H2,1-5H3,(H,26,34)(H2,27,28,29,30,33)/i4D3. The highest BCUT2D eigenvalue weighted by Crippen LogP contribution is 2.31. The van der Waals surface area contributed by atoms with Crippen LogP contribution in [0.4, 0.5) is 17.3 Å². The zero-order chi connectivity index (χ0) is 28.5. The Bertz CT molecular complexity index is 1450. The minimum Gasteiger partial charge on any atom is -0.383 e. The van der Waals surface area contributed by atoms with Gasteiger partial charge in [-0.2, -0.15) is 5.10 Å². The van der Waals surface area contributed by atoms with Gasteiger partial charge in [0, 0.05) is 49.1 Å². The Balaban J connectivity index is 1.81. The van der Waals surface area contributed by atoms with Crippen LogP contribution in [0, 0.1) is 11.3 Å². The number of methoxy groups -OCH3 is 1. The van der Waals surface area contributed by atoms with E-state index in [1.54, 1.807) is 28.6 Å². The number of anilines is 3. The molecule has 0 bridgehead atoms. The lowest BCUT2D eigenvalue weighted by molar-refractivity contribution is -0.117. The molecule has 0 atom stereocenters. The van der Waals surface area contributed by atoms with Crippen LogP contribution in [-0.4, -0.2) is 51.8 Å². The van der Waals surface area contributed by atoms with Gasteiger partial charge in [0.2, 0.25) is 5.91 Å². The minimum atomic E-state index is -2.73. The summed E-state index contributed by atoms with van der Waals surface area (Å²) in [5, 5.41) is 12.6. The summed E-state index contributed by atoms with van der Waals surface area (Å²) in [6.45, 7) is 4.51. The van der Waals surface area contributed by atoms with Crippen LogP contribution in [0.5, 0.6) is 0 Å². The van der Waals surface area contributed by atoms with Gasteiger partial charge in [-0.1, -0.05) is 20.8 Å². The lowest BCUT2D eigenvalue weighted by Gasteiger charge is -2.19. The molecule has 192 valence electrons.